The molecule has 3 rings (SSSR count). The van der Waals surface area contributed by atoms with Crippen LogP contribution in [0, 0.1) is 11.3 Å². The summed E-state index contributed by atoms with van der Waals surface area (Å²) in [6, 6.07) is 3.16. The Morgan fingerprint density at radius 1 is 1.55 bits per heavy atom. The Kier molecular flexibility index (Phi) is 3.40. The van der Waals surface area contributed by atoms with E-state index in [1.54, 1.807) is 6.07 Å². The van der Waals surface area contributed by atoms with Crippen LogP contribution in [-0.4, -0.2) is 54.5 Å². The molecule has 2 amide bonds. The highest BCUT2D eigenvalue weighted by Gasteiger charge is 2.60. The monoisotopic (exact) mass is 308 g/mol. The van der Waals surface area contributed by atoms with Crippen LogP contribution in [0.15, 0.2) is 16.5 Å². The van der Waals surface area contributed by atoms with Gasteiger partial charge in [0.1, 0.15) is 17.8 Å². The van der Waals surface area contributed by atoms with Gasteiger partial charge < -0.3 is 24.5 Å². The van der Waals surface area contributed by atoms with E-state index in [2.05, 4.69) is 5.32 Å². The molecular formula is C14H16N2O6. The molecule has 2 saturated heterocycles. The molecule has 0 saturated carbocycles. The Bertz CT molecular complexity index is 639. The van der Waals surface area contributed by atoms with Gasteiger partial charge in [-0.2, -0.15) is 0 Å². The van der Waals surface area contributed by atoms with Crippen LogP contribution in [0.5, 0.6) is 0 Å². The number of nitrogens with zero attached hydrogens (tertiary/aromatic N) is 1. The Morgan fingerprint density at radius 2 is 2.32 bits per heavy atom. The summed E-state index contributed by atoms with van der Waals surface area (Å²) in [5.74, 6) is -1.89. The SMILES string of the molecule is COCc1ccc(C(=O)N2C[C@H]3C(=O)NC[C@@]3(C(=O)O)C2)o1. The molecule has 2 fully saturated rings. The topological polar surface area (TPSA) is 109 Å². The summed E-state index contributed by atoms with van der Waals surface area (Å²) in [5, 5.41) is 12.0. The van der Waals surface area contributed by atoms with Crippen molar-refractivity contribution in [1.29, 1.82) is 0 Å². The number of amides is 2. The van der Waals surface area contributed by atoms with E-state index >= 15 is 0 Å². The quantitative estimate of drug-likeness (QED) is 0.790. The summed E-state index contributed by atoms with van der Waals surface area (Å²) in [7, 11) is 1.51. The van der Waals surface area contributed by atoms with Crippen LogP contribution >= 0.6 is 0 Å². The fraction of sp³-hybridized carbons (Fsp3) is 0.500. The largest absolute Gasteiger partial charge is 0.481 e. The second-order valence-electron chi connectivity index (χ2n) is 5.62. The number of rotatable bonds is 4. The summed E-state index contributed by atoms with van der Waals surface area (Å²) >= 11 is 0. The third-order valence-corrected chi connectivity index (χ3v) is 4.31. The average Bonchev–Trinajstić information content (AvgIpc) is 3.15. The van der Waals surface area contributed by atoms with Crippen molar-refractivity contribution in [3.63, 3.8) is 0 Å². The van der Waals surface area contributed by atoms with Crippen molar-refractivity contribution in [1.82, 2.24) is 10.2 Å². The van der Waals surface area contributed by atoms with Gasteiger partial charge >= 0.3 is 5.97 Å². The molecule has 3 heterocycles. The van der Waals surface area contributed by atoms with Gasteiger partial charge in [-0.15, -0.1) is 0 Å². The second kappa shape index (κ2) is 5.13. The lowest BCUT2D eigenvalue weighted by Crippen LogP contribution is -2.41. The molecular weight excluding hydrogens is 292 g/mol. The first-order chi connectivity index (χ1) is 10.5. The van der Waals surface area contributed by atoms with E-state index < -0.39 is 23.2 Å². The fourth-order valence-electron chi connectivity index (χ4n) is 3.11. The van der Waals surface area contributed by atoms with Gasteiger partial charge in [0.05, 0.1) is 5.92 Å². The predicted octanol–water partition coefficient (Wildman–Crippen LogP) is -0.301. The molecule has 8 heteroatoms. The lowest BCUT2D eigenvalue weighted by molar-refractivity contribution is -0.149. The number of fused-ring (bicyclic) bond motifs is 1. The molecule has 0 spiro atoms. The minimum atomic E-state index is -1.24. The molecule has 2 atom stereocenters. The highest BCUT2D eigenvalue weighted by atomic mass is 16.5. The van der Waals surface area contributed by atoms with Gasteiger partial charge in [-0.05, 0) is 12.1 Å². The van der Waals surface area contributed by atoms with E-state index in [0.29, 0.717) is 5.76 Å². The van der Waals surface area contributed by atoms with Gasteiger partial charge in [0.15, 0.2) is 5.76 Å². The molecule has 0 unspecified atom stereocenters. The number of carbonyl (C=O) groups excluding carboxylic acids is 2. The molecule has 2 aliphatic rings. The molecule has 22 heavy (non-hydrogen) atoms. The zero-order valence-electron chi connectivity index (χ0n) is 12.0. The van der Waals surface area contributed by atoms with Crippen LogP contribution in [0.2, 0.25) is 0 Å². The normalized spacial score (nSPS) is 26.9. The van der Waals surface area contributed by atoms with Crippen molar-refractivity contribution in [2.24, 2.45) is 11.3 Å². The summed E-state index contributed by atoms with van der Waals surface area (Å²) in [4.78, 5) is 37.2. The highest BCUT2D eigenvalue weighted by Crippen LogP contribution is 2.40. The molecule has 0 aromatic carbocycles. The molecule has 0 bridgehead atoms. The third kappa shape index (κ3) is 2.07. The second-order valence-corrected chi connectivity index (χ2v) is 5.62. The van der Waals surface area contributed by atoms with E-state index in [4.69, 9.17) is 9.15 Å². The molecule has 1 aromatic rings. The molecule has 0 aliphatic carbocycles. The third-order valence-electron chi connectivity index (χ3n) is 4.31. The smallest absolute Gasteiger partial charge is 0.314 e. The van der Waals surface area contributed by atoms with Gasteiger partial charge in [-0.25, -0.2) is 0 Å². The van der Waals surface area contributed by atoms with Crippen LogP contribution in [-0.2, 0) is 20.9 Å². The van der Waals surface area contributed by atoms with Gasteiger partial charge in [0.25, 0.3) is 5.91 Å². The van der Waals surface area contributed by atoms with Gasteiger partial charge in [-0.3, -0.25) is 14.4 Å². The number of hydrogen-bond acceptors (Lipinski definition) is 5. The maximum Gasteiger partial charge on any atom is 0.314 e. The molecule has 8 nitrogen and oxygen atoms in total. The predicted molar refractivity (Wildman–Crippen MR) is 71.9 cm³/mol. The van der Waals surface area contributed by atoms with Crippen molar-refractivity contribution in [2.75, 3.05) is 26.7 Å². The Labute approximate surface area is 126 Å². The van der Waals surface area contributed by atoms with E-state index in [1.165, 1.54) is 18.1 Å². The summed E-state index contributed by atoms with van der Waals surface area (Å²) in [6.07, 6.45) is 0. The number of likely N-dealkylation sites (tertiary alicyclic amines) is 1. The van der Waals surface area contributed by atoms with Crippen LogP contribution in [0.3, 0.4) is 0 Å². The first kappa shape index (κ1) is 14.6. The Hall–Kier alpha value is -2.35. The molecule has 0 radical (unpaired) electrons. The van der Waals surface area contributed by atoms with E-state index in [1.807, 2.05) is 0 Å². The number of carboxylic acids is 1. The zero-order valence-corrected chi connectivity index (χ0v) is 12.0. The van der Waals surface area contributed by atoms with Crippen molar-refractivity contribution in [3.05, 3.63) is 23.7 Å². The summed E-state index contributed by atoms with van der Waals surface area (Å²) in [5.41, 5.74) is -1.24. The van der Waals surface area contributed by atoms with E-state index in [-0.39, 0.29) is 37.9 Å². The molecule has 1 aromatic heterocycles. The zero-order chi connectivity index (χ0) is 15.9. The number of aliphatic carboxylic acids is 1. The van der Waals surface area contributed by atoms with Crippen LogP contribution < -0.4 is 5.32 Å². The maximum atomic E-state index is 12.4. The summed E-state index contributed by atoms with van der Waals surface area (Å²) in [6.45, 7) is 0.363. The molecule has 118 valence electrons. The first-order valence-corrected chi connectivity index (χ1v) is 6.86. The van der Waals surface area contributed by atoms with Gasteiger partial charge in [0.2, 0.25) is 5.91 Å². The van der Waals surface area contributed by atoms with Crippen LogP contribution in [0.25, 0.3) is 0 Å². The minimum absolute atomic E-state index is 0.00904. The van der Waals surface area contributed by atoms with Crippen molar-refractivity contribution in [2.45, 2.75) is 6.61 Å². The van der Waals surface area contributed by atoms with Gasteiger partial charge in [0, 0.05) is 26.7 Å². The van der Waals surface area contributed by atoms with Gasteiger partial charge in [-0.1, -0.05) is 0 Å². The maximum absolute atomic E-state index is 12.4. The lowest BCUT2D eigenvalue weighted by atomic mass is 9.81. The Balaban J connectivity index is 1.80. The Morgan fingerprint density at radius 3 is 2.95 bits per heavy atom. The number of methoxy groups -OCH3 is 1. The minimum Gasteiger partial charge on any atom is -0.481 e. The number of furan rings is 1. The van der Waals surface area contributed by atoms with Crippen molar-refractivity contribution >= 4 is 17.8 Å². The number of hydrogen-bond donors (Lipinski definition) is 2. The van der Waals surface area contributed by atoms with E-state index in [0.717, 1.165) is 0 Å². The highest BCUT2D eigenvalue weighted by molar-refractivity contribution is 5.97. The van der Waals surface area contributed by atoms with Crippen molar-refractivity contribution < 1.29 is 28.6 Å². The number of carboxylic acid groups (broad SMARTS) is 1. The standard InChI is InChI=1S/C14H16N2O6/c1-21-5-8-2-3-10(22-8)12(18)16-4-9-11(17)15-6-14(9,7-16)13(19)20/h2-3,9H,4-7H2,1H3,(H,15,17)(H,19,20)/t9-,14+/m0/s1. The molecule has 2 N–H and O–H groups in total. The number of carbonyl (C=O) groups is 3. The van der Waals surface area contributed by atoms with Crippen LogP contribution in [0.4, 0.5) is 0 Å². The van der Waals surface area contributed by atoms with Crippen molar-refractivity contribution in [3.8, 4) is 0 Å². The average molecular weight is 308 g/mol. The molecule has 2 aliphatic heterocycles. The van der Waals surface area contributed by atoms with E-state index in [9.17, 15) is 19.5 Å². The summed E-state index contributed by atoms with van der Waals surface area (Å²) < 4.78 is 10.3. The first-order valence-electron chi connectivity index (χ1n) is 6.86. The number of ether oxygens (including phenoxy) is 1. The fourth-order valence-corrected chi connectivity index (χ4v) is 3.11. The van der Waals surface area contributed by atoms with Crippen LogP contribution in [0.1, 0.15) is 16.3 Å². The number of nitrogens with one attached hydrogen (secondary N) is 1. The lowest BCUT2D eigenvalue weighted by Gasteiger charge is -2.21.